The molecule has 1 aromatic carbocycles. The van der Waals surface area contributed by atoms with Gasteiger partial charge in [0.15, 0.2) is 17.3 Å². The van der Waals surface area contributed by atoms with Crippen LogP contribution in [-0.4, -0.2) is 60.1 Å². The fourth-order valence-electron chi connectivity index (χ4n) is 4.28. The van der Waals surface area contributed by atoms with Crippen molar-refractivity contribution in [3.05, 3.63) is 52.4 Å². The fraction of sp³-hybridized carbons (Fsp3) is 0.320. The van der Waals surface area contributed by atoms with Gasteiger partial charge in [0.25, 0.3) is 0 Å². The second-order valence-electron chi connectivity index (χ2n) is 8.31. The molecule has 11 heteroatoms. The van der Waals surface area contributed by atoms with E-state index >= 15 is 0 Å². The molecule has 2 aromatic rings. The Balaban J connectivity index is 1.60. The maximum absolute atomic E-state index is 13.7. The van der Waals surface area contributed by atoms with Crippen molar-refractivity contribution in [2.24, 2.45) is 10.9 Å². The molecule has 0 radical (unpaired) electrons. The normalized spacial score (nSPS) is 21.1. The third-order valence-electron chi connectivity index (χ3n) is 6.13. The highest BCUT2D eigenvalue weighted by molar-refractivity contribution is 6.35. The summed E-state index contributed by atoms with van der Waals surface area (Å²) < 4.78 is 16.6. The average molecular weight is 514 g/mol. The van der Waals surface area contributed by atoms with Crippen LogP contribution in [0.2, 0.25) is 5.02 Å². The minimum Gasteiger partial charge on any atom is -0.507 e. The van der Waals surface area contributed by atoms with Crippen LogP contribution in [0, 0.1) is 5.92 Å². The van der Waals surface area contributed by atoms with Crippen LogP contribution in [0.1, 0.15) is 30.1 Å². The number of ether oxygens (including phenoxy) is 3. The molecule has 36 heavy (non-hydrogen) atoms. The lowest BCUT2D eigenvalue weighted by Gasteiger charge is -2.36. The molecule has 0 bridgehead atoms. The van der Waals surface area contributed by atoms with Gasteiger partial charge in [0.1, 0.15) is 27.9 Å². The molecule has 0 saturated heterocycles. The number of fused-ring (bicyclic) bond motifs is 1. The van der Waals surface area contributed by atoms with Crippen molar-refractivity contribution >= 4 is 41.1 Å². The number of aromatic nitrogens is 1. The number of allylic oxidation sites excluding steroid dienone is 1. The zero-order valence-corrected chi connectivity index (χ0v) is 20.6. The zero-order chi connectivity index (χ0) is 26.0. The zero-order valence-electron chi connectivity index (χ0n) is 19.8. The van der Waals surface area contributed by atoms with E-state index in [2.05, 4.69) is 15.3 Å². The average Bonchev–Trinajstić information content (AvgIpc) is 3.18. The van der Waals surface area contributed by atoms with Crippen LogP contribution in [0.3, 0.4) is 0 Å². The summed E-state index contributed by atoms with van der Waals surface area (Å²) in [4.78, 5) is 46.7. The van der Waals surface area contributed by atoms with Gasteiger partial charge >= 0.3 is 0 Å². The number of carbonyl (C=O) groups is 3. The number of anilines is 1. The highest BCUT2D eigenvalue weighted by Gasteiger charge is 2.60. The minimum atomic E-state index is -1.88. The Hall–Kier alpha value is -3.92. The van der Waals surface area contributed by atoms with E-state index in [1.54, 1.807) is 31.3 Å². The number of hydrogen-bond acceptors (Lipinski definition) is 9. The van der Waals surface area contributed by atoms with Crippen LogP contribution in [0.15, 0.2) is 46.8 Å². The Morgan fingerprint density at radius 3 is 2.75 bits per heavy atom. The first-order valence-corrected chi connectivity index (χ1v) is 11.5. The number of ketones is 2. The molecule has 2 heterocycles. The quantitative estimate of drug-likeness (QED) is 0.536. The minimum absolute atomic E-state index is 0.00750. The summed E-state index contributed by atoms with van der Waals surface area (Å²) >= 11 is 6.41. The van der Waals surface area contributed by atoms with Crippen molar-refractivity contribution in [1.29, 1.82) is 0 Å². The third-order valence-corrected chi connectivity index (χ3v) is 6.49. The maximum atomic E-state index is 13.7. The SMILES string of the molecule is COc1cc(OC)c2c(c1Cl)O[C@]1(C2=O)C(O)=C(C=NCCC(=O)Nc2ccccn2)C(=O)C[C@H]1C. The van der Waals surface area contributed by atoms with Crippen molar-refractivity contribution in [1.82, 2.24) is 4.98 Å². The summed E-state index contributed by atoms with van der Waals surface area (Å²) in [6.45, 7) is 1.67. The lowest BCUT2D eigenvalue weighted by molar-refractivity contribution is -0.119. The highest BCUT2D eigenvalue weighted by atomic mass is 35.5. The van der Waals surface area contributed by atoms with E-state index in [1.807, 2.05) is 0 Å². The van der Waals surface area contributed by atoms with E-state index in [0.29, 0.717) is 5.82 Å². The number of hydrogen-bond donors (Lipinski definition) is 2. The molecule has 2 N–H and O–H groups in total. The van der Waals surface area contributed by atoms with E-state index < -0.39 is 28.8 Å². The third kappa shape index (κ3) is 4.17. The number of nitrogens with one attached hydrogen (secondary N) is 1. The van der Waals surface area contributed by atoms with Crippen molar-refractivity contribution < 1.29 is 33.7 Å². The van der Waals surface area contributed by atoms with Gasteiger partial charge in [0.2, 0.25) is 17.3 Å². The Morgan fingerprint density at radius 2 is 2.08 bits per heavy atom. The maximum Gasteiger partial charge on any atom is 0.231 e. The van der Waals surface area contributed by atoms with Crippen LogP contribution in [-0.2, 0) is 9.59 Å². The molecule has 4 rings (SSSR count). The number of benzene rings is 1. The Bertz CT molecular complexity index is 1290. The van der Waals surface area contributed by atoms with Gasteiger partial charge < -0.3 is 24.6 Å². The largest absolute Gasteiger partial charge is 0.507 e. The van der Waals surface area contributed by atoms with E-state index in [-0.39, 0.29) is 58.7 Å². The number of Topliss-reactive ketones (excluding diaryl/α,β-unsaturated/α-hetero) is 2. The van der Waals surface area contributed by atoms with Gasteiger partial charge in [0, 0.05) is 43.8 Å². The van der Waals surface area contributed by atoms with Crippen LogP contribution >= 0.6 is 11.6 Å². The Kier molecular flexibility index (Phi) is 6.98. The first-order chi connectivity index (χ1) is 17.2. The molecule has 0 saturated carbocycles. The predicted octanol–water partition coefficient (Wildman–Crippen LogP) is 3.59. The van der Waals surface area contributed by atoms with Crippen LogP contribution < -0.4 is 19.5 Å². The number of nitrogens with zero attached hydrogens (tertiary/aromatic N) is 2. The molecule has 2 atom stereocenters. The number of methoxy groups -OCH3 is 2. The molecule has 0 fully saturated rings. The van der Waals surface area contributed by atoms with Crippen molar-refractivity contribution in [3.8, 4) is 17.2 Å². The molecule has 2 aliphatic rings. The van der Waals surface area contributed by atoms with E-state index in [0.717, 1.165) is 0 Å². The monoisotopic (exact) mass is 513 g/mol. The molecule has 1 spiro atoms. The van der Waals surface area contributed by atoms with Gasteiger partial charge in [-0.05, 0) is 12.1 Å². The lowest BCUT2D eigenvalue weighted by atomic mass is 9.73. The molecule has 10 nitrogen and oxygen atoms in total. The number of halogens is 1. The van der Waals surface area contributed by atoms with E-state index in [1.165, 1.54) is 26.5 Å². The second kappa shape index (κ2) is 9.98. The Morgan fingerprint density at radius 1 is 1.33 bits per heavy atom. The number of aliphatic imine (C=N–C) groups is 1. The molecule has 188 valence electrons. The Labute approximate surface area is 211 Å². The number of rotatable bonds is 7. The number of aliphatic hydroxyl groups is 1. The number of aliphatic hydroxyl groups excluding tert-OH is 1. The van der Waals surface area contributed by atoms with E-state index in [9.17, 15) is 19.5 Å². The summed E-state index contributed by atoms with van der Waals surface area (Å²) in [7, 11) is 2.79. The van der Waals surface area contributed by atoms with E-state index in [4.69, 9.17) is 25.8 Å². The second-order valence-corrected chi connectivity index (χ2v) is 8.68. The van der Waals surface area contributed by atoms with Gasteiger partial charge in [-0.3, -0.25) is 19.4 Å². The number of carbonyl (C=O) groups excluding carboxylic acids is 3. The topological polar surface area (TPSA) is 136 Å². The van der Waals surface area contributed by atoms with Crippen LogP contribution in [0.4, 0.5) is 5.82 Å². The summed E-state index contributed by atoms with van der Waals surface area (Å²) in [6, 6.07) is 6.58. The lowest BCUT2D eigenvalue weighted by Crippen LogP contribution is -2.52. The molecule has 0 unspecified atom stereocenters. The molecular formula is C25H24ClN3O7. The summed E-state index contributed by atoms with van der Waals surface area (Å²) in [5.74, 6) is -1.77. The number of pyridine rings is 1. The van der Waals surface area contributed by atoms with Crippen molar-refractivity contribution in [3.63, 3.8) is 0 Å². The predicted molar refractivity (Wildman–Crippen MR) is 132 cm³/mol. The molecule has 1 aliphatic heterocycles. The van der Waals surface area contributed by atoms with Gasteiger partial charge in [-0.15, -0.1) is 0 Å². The summed E-state index contributed by atoms with van der Waals surface area (Å²) in [5.41, 5.74) is -1.99. The molecule has 1 aliphatic carbocycles. The van der Waals surface area contributed by atoms with Gasteiger partial charge in [-0.25, -0.2) is 4.98 Å². The van der Waals surface area contributed by atoms with Gasteiger partial charge in [-0.1, -0.05) is 24.6 Å². The summed E-state index contributed by atoms with van der Waals surface area (Å²) in [5, 5.41) is 13.9. The standard InChI is InChI=1S/C25H24ClN3O7/c1-13-10-15(30)14(12-27-9-7-19(31)29-18-6-4-5-8-28-18)23(32)25(13)24(33)20-16(34-2)11-17(35-3)21(26)22(20)36-25/h4-6,8,11-13,32H,7,9-10H2,1-3H3,(H,28,29,31)/t13-,25+/m1/s1. The van der Waals surface area contributed by atoms with Crippen molar-refractivity contribution in [2.45, 2.75) is 25.4 Å². The smallest absolute Gasteiger partial charge is 0.231 e. The van der Waals surface area contributed by atoms with Crippen LogP contribution in [0.25, 0.3) is 0 Å². The molecule has 1 aromatic heterocycles. The first-order valence-electron chi connectivity index (χ1n) is 11.1. The van der Waals surface area contributed by atoms with Gasteiger partial charge in [-0.2, -0.15) is 0 Å². The van der Waals surface area contributed by atoms with Crippen molar-refractivity contribution in [2.75, 3.05) is 26.1 Å². The van der Waals surface area contributed by atoms with Crippen LogP contribution in [0.5, 0.6) is 17.2 Å². The summed E-state index contributed by atoms with van der Waals surface area (Å²) in [6.07, 6.45) is 2.66. The molecular weight excluding hydrogens is 490 g/mol. The first kappa shape index (κ1) is 25.2. The molecule has 1 amide bonds. The fourth-order valence-corrected chi connectivity index (χ4v) is 4.54. The van der Waals surface area contributed by atoms with Gasteiger partial charge in [0.05, 0.1) is 19.8 Å². The number of amides is 1. The highest BCUT2D eigenvalue weighted by Crippen LogP contribution is 2.54.